The Labute approximate surface area is 280 Å². The number of hydrogen-bond acceptors (Lipinski definition) is 7. The largest absolute Gasteiger partial charge is 0.496 e. The molecule has 0 radical (unpaired) electrons. The van der Waals surface area contributed by atoms with Gasteiger partial charge in [-0.05, 0) is 87.0 Å². The SMILES string of the molecule is CCOc1ncccc1-c1ccc2c(n1)CN(C(=O)[C@H]1CN3CCC1CC3)C[C@]21CCN(c2cccc(OC)c2C(F)(F)F)C[C@H]1CC. The smallest absolute Gasteiger partial charge is 0.421 e. The Morgan fingerprint density at radius 1 is 1.04 bits per heavy atom. The Bertz CT molecular complexity index is 1660. The summed E-state index contributed by atoms with van der Waals surface area (Å²) >= 11 is 0. The van der Waals surface area contributed by atoms with Crippen molar-refractivity contribution >= 4 is 11.6 Å². The number of alkyl halides is 3. The van der Waals surface area contributed by atoms with Gasteiger partial charge in [0, 0.05) is 37.8 Å². The Balaban J connectivity index is 1.29. The van der Waals surface area contributed by atoms with Crippen molar-refractivity contribution in [3.8, 4) is 22.9 Å². The van der Waals surface area contributed by atoms with E-state index in [2.05, 4.69) is 22.9 Å². The van der Waals surface area contributed by atoms with Gasteiger partial charge in [-0.2, -0.15) is 13.2 Å². The van der Waals surface area contributed by atoms with Crippen LogP contribution >= 0.6 is 0 Å². The molecule has 4 fully saturated rings. The molecule has 1 amide bonds. The molecule has 0 N–H and O–H groups in total. The molecular weight excluding hydrogens is 619 g/mol. The molecule has 0 aliphatic carbocycles. The first-order chi connectivity index (χ1) is 23.2. The van der Waals surface area contributed by atoms with E-state index in [1.165, 1.54) is 13.2 Å². The molecule has 256 valence electrons. The number of aromatic nitrogens is 2. The maximum Gasteiger partial charge on any atom is 0.421 e. The van der Waals surface area contributed by atoms with Crippen molar-refractivity contribution < 1.29 is 27.4 Å². The highest BCUT2D eigenvalue weighted by atomic mass is 19.4. The summed E-state index contributed by atoms with van der Waals surface area (Å²) in [5.74, 6) is 0.845. The molecule has 48 heavy (non-hydrogen) atoms. The van der Waals surface area contributed by atoms with Gasteiger partial charge in [-0.25, -0.2) is 4.98 Å². The van der Waals surface area contributed by atoms with Gasteiger partial charge >= 0.3 is 6.18 Å². The van der Waals surface area contributed by atoms with Crippen LogP contribution in [0.3, 0.4) is 0 Å². The van der Waals surface area contributed by atoms with Crippen LogP contribution in [0.25, 0.3) is 11.3 Å². The number of anilines is 1. The summed E-state index contributed by atoms with van der Waals surface area (Å²) in [5, 5.41) is 0. The first-order valence-corrected chi connectivity index (χ1v) is 17.3. The summed E-state index contributed by atoms with van der Waals surface area (Å²) in [7, 11) is 1.28. The topological polar surface area (TPSA) is 71.0 Å². The number of amides is 1. The molecule has 8 nitrogen and oxygen atoms in total. The minimum Gasteiger partial charge on any atom is -0.496 e. The van der Waals surface area contributed by atoms with Gasteiger partial charge in [0.2, 0.25) is 11.8 Å². The van der Waals surface area contributed by atoms with Crippen LogP contribution in [0.1, 0.15) is 56.4 Å². The van der Waals surface area contributed by atoms with Gasteiger partial charge < -0.3 is 24.2 Å². The zero-order valence-corrected chi connectivity index (χ0v) is 27.9. The molecule has 5 aliphatic heterocycles. The lowest BCUT2D eigenvalue weighted by Crippen LogP contribution is -2.61. The Morgan fingerprint density at radius 2 is 1.85 bits per heavy atom. The molecule has 8 rings (SSSR count). The number of methoxy groups -OCH3 is 1. The number of benzene rings is 1. The Hall–Kier alpha value is -3.86. The second kappa shape index (κ2) is 12.9. The van der Waals surface area contributed by atoms with Crippen LogP contribution in [0.4, 0.5) is 18.9 Å². The lowest BCUT2D eigenvalue weighted by molar-refractivity contribution is -0.145. The first kappa shape index (κ1) is 32.7. The van der Waals surface area contributed by atoms with Gasteiger partial charge in [-0.1, -0.05) is 25.5 Å². The fourth-order valence-corrected chi connectivity index (χ4v) is 8.97. The van der Waals surface area contributed by atoms with Gasteiger partial charge in [0.25, 0.3) is 0 Å². The number of carbonyl (C=O) groups excluding carboxylic acids is 1. The van der Waals surface area contributed by atoms with Crippen LogP contribution in [-0.2, 0) is 22.9 Å². The molecule has 7 heterocycles. The molecule has 4 saturated heterocycles. The highest BCUT2D eigenvalue weighted by Gasteiger charge is 2.52. The molecule has 2 aromatic heterocycles. The van der Waals surface area contributed by atoms with Gasteiger partial charge in [-0.3, -0.25) is 9.78 Å². The van der Waals surface area contributed by atoms with Crippen LogP contribution in [0.15, 0.2) is 48.7 Å². The highest BCUT2D eigenvalue weighted by Crippen LogP contribution is 2.50. The number of halogens is 3. The summed E-state index contributed by atoms with van der Waals surface area (Å²) < 4.78 is 54.3. The van der Waals surface area contributed by atoms with Gasteiger partial charge in [0.1, 0.15) is 11.3 Å². The monoisotopic (exact) mass is 663 g/mol. The third kappa shape index (κ3) is 5.67. The van der Waals surface area contributed by atoms with E-state index in [1.54, 1.807) is 18.3 Å². The summed E-state index contributed by atoms with van der Waals surface area (Å²) in [4.78, 5) is 30.4. The third-order valence-electron chi connectivity index (χ3n) is 11.3. The molecule has 0 unspecified atom stereocenters. The molecule has 3 atom stereocenters. The molecule has 0 saturated carbocycles. The number of ether oxygens (including phenoxy) is 2. The number of nitrogens with zero attached hydrogens (tertiary/aromatic N) is 5. The van der Waals surface area contributed by atoms with E-state index in [-0.39, 0.29) is 29.2 Å². The first-order valence-electron chi connectivity index (χ1n) is 17.3. The Kier molecular flexibility index (Phi) is 8.76. The third-order valence-corrected chi connectivity index (χ3v) is 11.3. The molecule has 3 aromatic rings. The van der Waals surface area contributed by atoms with Crippen molar-refractivity contribution in [2.45, 2.75) is 57.7 Å². The normalized spacial score (nSPS) is 26.8. The van der Waals surface area contributed by atoms with E-state index in [1.807, 2.05) is 34.9 Å². The minimum absolute atomic E-state index is 0.0236. The van der Waals surface area contributed by atoms with E-state index in [0.29, 0.717) is 51.0 Å². The predicted molar refractivity (Wildman–Crippen MR) is 177 cm³/mol. The van der Waals surface area contributed by atoms with Crippen LogP contribution in [0.5, 0.6) is 11.6 Å². The minimum atomic E-state index is -4.57. The van der Waals surface area contributed by atoms with Crippen LogP contribution in [-0.4, -0.2) is 78.7 Å². The molecular formula is C37H44F3N5O3. The van der Waals surface area contributed by atoms with E-state index in [9.17, 15) is 18.0 Å². The fraction of sp³-hybridized carbons (Fsp3) is 0.541. The zero-order valence-electron chi connectivity index (χ0n) is 27.9. The summed E-state index contributed by atoms with van der Waals surface area (Å²) in [6.45, 7) is 9.17. The number of rotatable bonds is 7. The zero-order chi connectivity index (χ0) is 33.6. The van der Waals surface area contributed by atoms with Gasteiger partial charge in [0.05, 0.1) is 48.8 Å². The summed E-state index contributed by atoms with van der Waals surface area (Å²) in [5.41, 5.74) is 2.41. The van der Waals surface area contributed by atoms with E-state index < -0.39 is 17.2 Å². The Morgan fingerprint density at radius 3 is 2.54 bits per heavy atom. The van der Waals surface area contributed by atoms with E-state index in [4.69, 9.17) is 14.5 Å². The molecule has 1 spiro atoms. The van der Waals surface area contributed by atoms with Crippen LogP contribution in [0.2, 0.25) is 0 Å². The number of carbonyl (C=O) groups is 1. The van der Waals surface area contributed by atoms with Crippen LogP contribution in [0, 0.1) is 17.8 Å². The van der Waals surface area contributed by atoms with Gasteiger partial charge in [-0.15, -0.1) is 0 Å². The summed E-state index contributed by atoms with van der Waals surface area (Å²) in [6, 6.07) is 12.5. The lowest BCUT2D eigenvalue weighted by Gasteiger charge is -2.54. The molecule has 5 aliphatic rings. The molecule has 11 heteroatoms. The quantitative estimate of drug-likeness (QED) is 0.289. The number of pyridine rings is 2. The lowest BCUT2D eigenvalue weighted by atomic mass is 9.62. The standard InChI is InChI=1S/C37H44F3N5O3/c1-4-25-20-44(31-9-6-10-32(47-3)33(31)37(38,39)40)19-15-36(25)23-45(35(46)27-21-43-17-13-24(27)14-18-43)22-30-28(36)11-12-29(42-30)26-8-7-16-41-34(26)48-5-2/h6-12,16,24-25,27H,4-5,13-15,17-23H2,1-3H3/t25-,27+,36+/m1/s1. The number of fused-ring (bicyclic) bond motifs is 5. The molecule has 1 aromatic carbocycles. The van der Waals surface area contributed by atoms with Crippen molar-refractivity contribution in [3.63, 3.8) is 0 Å². The molecule has 2 bridgehead atoms. The van der Waals surface area contributed by atoms with E-state index >= 15 is 0 Å². The fourth-order valence-electron chi connectivity index (χ4n) is 8.97. The second-order valence-corrected chi connectivity index (χ2v) is 13.7. The highest BCUT2D eigenvalue weighted by molar-refractivity contribution is 5.80. The van der Waals surface area contributed by atoms with Crippen molar-refractivity contribution in [1.82, 2.24) is 19.8 Å². The van der Waals surface area contributed by atoms with Crippen molar-refractivity contribution in [1.29, 1.82) is 0 Å². The second-order valence-electron chi connectivity index (χ2n) is 13.7. The summed E-state index contributed by atoms with van der Waals surface area (Å²) in [6.07, 6.45) is 0.551. The van der Waals surface area contributed by atoms with Crippen molar-refractivity contribution in [2.24, 2.45) is 17.8 Å². The maximum absolute atomic E-state index is 14.5. The van der Waals surface area contributed by atoms with Gasteiger partial charge in [0.15, 0.2) is 0 Å². The van der Waals surface area contributed by atoms with Crippen molar-refractivity contribution in [2.75, 3.05) is 57.9 Å². The maximum atomic E-state index is 14.5. The average molecular weight is 664 g/mol. The number of hydrogen-bond donors (Lipinski definition) is 0. The average Bonchev–Trinajstić information content (AvgIpc) is 3.11. The number of piperidine rings is 4. The predicted octanol–water partition coefficient (Wildman–Crippen LogP) is 6.43. The van der Waals surface area contributed by atoms with Crippen LogP contribution < -0.4 is 14.4 Å². The van der Waals surface area contributed by atoms with Crippen molar-refractivity contribution in [3.05, 3.63) is 65.5 Å². The van der Waals surface area contributed by atoms with E-state index in [0.717, 1.165) is 61.4 Å².